The molecule has 1 aliphatic rings. The number of carbonyl (C=O) groups excluding carboxylic acids is 1. The van der Waals surface area contributed by atoms with Gasteiger partial charge in [0, 0.05) is 18.8 Å². The highest BCUT2D eigenvalue weighted by Crippen LogP contribution is 2.19. The lowest BCUT2D eigenvalue weighted by Crippen LogP contribution is -2.32. The lowest BCUT2D eigenvalue weighted by atomic mass is 10.0. The second-order valence-corrected chi connectivity index (χ2v) is 8.59. The smallest absolute Gasteiger partial charge is 0.233 e. The molecule has 0 spiro atoms. The van der Waals surface area contributed by atoms with E-state index in [9.17, 15) is 4.79 Å². The Morgan fingerprint density at radius 1 is 1.00 bits per heavy atom. The third-order valence-corrected chi connectivity index (χ3v) is 6.34. The molecular formula is C23H30N2OS. The van der Waals surface area contributed by atoms with Crippen molar-refractivity contribution < 1.29 is 4.79 Å². The molecule has 1 aliphatic heterocycles. The van der Waals surface area contributed by atoms with Crippen LogP contribution in [0.1, 0.15) is 42.9 Å². The van der Waals surface area contributed by atoms with Gasteiger partial charge in [-0.3, -0.25) is 9.69 Å². The number of likely N-dealkylation sites (tertiary alicyclic amines) is 1. The maximum absolute atomic E-state index is 12.5. The molecule has 2 aromatic rings. The monoisotopic (exact) mass is 382 g/mol. The molecule has 1 atom stereocenters. The number of rotatable bonds is 8. The van der Waals surface area contributed by atoms with E-state index in [0.717, 1.165) is 12.3 Å². The molecule has 2 aromatic carbocycles. The lowest BCUT2D eigenvalue weighted by Gasteiger charge is -2.27. The summed E-state index contributed by atoms with van der Waals surface area (Å²) in [6, 6.07) is 18.8. The Labute approximate surface area is 167 Å². The average molecular weight is 383 g/mol. The van der Waals surface area contributed by atoms with Crippen LogP contribution in [0.3, 0.4) is 0 Å². The molecule has 3 rings (SSSR count). The Morgan fingerprint density at radius 2 is 1.67 bits per heavy atom. The fraction of sp³-hybridized carbons (Fsp3) is 0.435. The molecule has 0 radical (unpaired) electrons. The van der Waals surface area contributed by atoms with E-state index >= 15 is 0 Å². The Bertz CT molecular complexity index is 713. The summed E-state index contributed by atoms with van der Waals surface area (Å²) in [6.07, 6.45) is 3.96. The molecule has 0 aromatic heterocycles. The fourth-order valence-electron chi connectivity index (χ4n) is 3.44. The van der Waals surface area contributed by atoms with Gasteiger partial charge in [-0.15, -0.1) is 11.8 Å². The van der Waals surface area contributed by atoms with Crippen molar-refractivity contribution in [3.8, 4) is 0 Å². The van der Waals surface area contributed by atoms with Gasteiger partial charge in [0.05, 0.1) is 5.25 Å². The molecular weight excluding hydrogens is 352 g/mol. The molecule has 144 valence electrons. The van der Waals surface area contributed by atoms with Gasteiger partial charge in [-0.05, 0) is 49.5 Å². The van der Waals surface area contributed by atoms with Crippen LogP contribution in [0.15, 0.2) is 54.6 Å². The standard InChI is InChI=1S/C23H30N2OS/c1-19(27-18-20-10-4-2-5-11-20)23(26)24-16-21-12-6-7-13-22(21)17-25-14-8-3-9-15-25/h2,4-7,10-13,19H,3,8-9,14-18H2,1H3,(H,24,26)/t19-/m1/s1. The summed E-state index contributed by atoms with van der Waals surface area (Å²) in [5.74, 6) is 0.977. The van der Waals surface area contributed by atoms with Crippen LogP contribution in [-0.2, 0) is 23.6 Å². The van der Waals surface area contributed by atoms with Gasteiger partial charge in [-0.1, -0.05) is 61.0 Å². The number of amides is 1. The first kappa shape index (κ1) is 20.0. The lowest BCUT2D eigenvalue weighted by molar-refractivity contribution is -0.120. The zero-order chi connectivity index (χ0) is 18.9. The Morgan fingerprint density at radius 3 is 2.41 bits per heavy atom. The van der Waals surface area contributed by atoms with Crippen LogP contribution in [0.4, 0.5) is 0 Å². The molecule has 1 amide bonds. The molecule has 1 saturated heterocycles. The Hall–Kier alpha value is -1.78. The zero-order valence-corrected chi connectivity index (χ0v) is 17.0. The van der Waals surface area contributed by atoms with E-state index in [1.807, 2.05) is 25.1 Å². The summed E-state index contributed by atoms with van der Waals surface area (Å²) in [5.41, 5.74) is 3.83. The van der Waals surface area contributed by atoms with Gasteiger partial charge in [0.15, 0.2) is 0 Å². The van der Waals surface area contributed by atoms with Crippen LogP contribution in [0.5, 0.6) is 0 Å². The SMILES string of the molecule is C[C@@H](SCc1ccccc1)C(=O)NCc1ccccc1CN1CCCCC1. The second-order valence-electron chi connectivity index (χ2n) is 7.26. The summed E-state index contributed by atoms with van der Waals surface area (Å²) in [7, 11) is 0. The first-order chi connectivity index (χ1) is 13.2. The predicted octanol–water partition coefficient (Wildman–Crippen LogP) is 4.61. The molecule has 0 aliphatic carbocycles. The number of thioether (sulfide) groups is 1. The minimum absolute atomic E-state index is 0.0561. The summed E-state index contributed by atoms with van der Waals surface area (Å²) in [5, 5.41) is 3.08. The first-order valence-electron chi connectivity index (χ1n) is 9.95. The third-order valence-electron chi connectivity index (χ3n) is 5.13. The van der Waals surface area contributed by atoms with Gasteiger partial charge in [0.2, 0.25) is 5.91 Å². The van der Waals surface area contributed by atoms with Crippen molar-refractivity contribution in [1.29, 1.82) is 0 Å². The van der Waals surface area contributed by atoms with E-state index in [1.54, 1.807) is 11.8 Å². The van der Waals surface area contributed by atoms with Crippen LogP contribution < -0.4 is 5.32 Å². The largest absolute Gasteiger partial charge is 0.351 e. The molecule has 0 unspecified atom stereocenters. The van der Waals surface area contributed by atoms with Gasteiger partial charge < -0.3 is 5.32 Å². The third kappa shape index (κ3) is 6.40. The van der Waals surface area contributed by atoms with E-state index < -0.39 is 0 Å². The molecule has 1 fully saturated rings. The van der Waals surface area contributed by atoms with Crippen molar-refractivity contribution in [2.45, 2.75) is 50.3 Å². The quantitative estimate of drug-likeness (QED) is 0.723. The van der Waals surface area contributed by atoms with Gasteiger partial charge in [0.1, 0.15) is 0 Å². The van der Waals surface area contributed by atoms with Crippen molar-refractivity contribution in [3.05, 3.63) is 71.3 Å². The van der Waals surface area contributed by atoms with E-state index in [2.05, 4.69) is 46.6 Å². The minimum atomic E-state index is -0.0561. The number of piperidine rings is 1. The highest BCUT2D eigenvalue weighted by molar-refractivity contribution is 7.99. The molecule has 0 bridgehead atoms. The van der Waals surface area contributed by atoms with Crippen LogP contribution in [-0.4, -0.2) is 29.1 Å². The maximum atomic E-state index is 12.5. The first-order valence-corrected chi connectivity index (χ1v) is 11.0. The zero-order valence-electron chi connectivity index (χ0n) is 16.2. The molecule has 1 N–H and O–H groups in total. The number of hydrogen-bond donors (Lipinski definition) is 1. The summed E-state index contributed by atoms with van der Waals surface area (Å²) in [6.45, 7) is 5.97. The maximum Gasteiger partial charge on any atom is 0.233 e. The summed E-state index contributed by atoms with van der Waals surface area (Å²) in [4.78, 5) is 15.0. The van der Waals surface area contributed by atoms with Crippen molar-refractivity contribution in [3.63, 3.8) is 0 Å². The number of hydrogen-bond acceptors (Lipinski definition) is 3. The fourth-order valence-corrected chi connectivity index (χ4v) is 4.31. The van der Waals surface area contributed by atoms with Crippen LogP contribution in [0, 0.1) is 0 Å². The van der Waals surface area contributed by atoms with Gasteiger partial charge in [-0.2, -0.15) is 0 Å². The van der Waals surface area contributed by atoms with Crippen LogP contribution in [0.2, 0.25) is 0 Å². The van der Waals surface area contributed by atoms with E-state index in [0.29, 0.717) is 6.54 Å². The minimum Gasteiger partial charge on any atom is -0.351 e. The highest BCUT2D eigenvalue weighted by Gasteiger charge is 2.15. The topological polar surface area (TPSA) is 32.3 Å². The van der Waals surface area contributed by atoms with Crippen molar-refractivity contribution in [2.75, 3.05) is 13.1 Å². The summed E-state index contributed by atoms with van der Waals surface area (Å²) >= 11 is 1.69. The normalized spacial score (nSPS) is 16.0. The average Bonchev–Trinajstić information content (AvgIpc) is 2.72. The van der Waals surface area contributed by atoms with Gasteiger partial charge in [-0.25, -0.2) is 0 Å². The van der Waals surface area contributed by atoms with Crippen LogP contribution in [0.25, 0.3) is 0 Å². The van der Waals surface area contributed by atoms with Gasteiger partial charge >= 0.3 is 0 Å². The highest BCUT2D eigenvalue weighted by atomic mass is 32.2. The molecule has 27 heavy (non-hydrogen) atoms. The number of benzene rings is 2. The molecule has 3 nitrogen and oxygen atoms in total. The number of carbonyl (C=O) groups is 1. The van der Waals surface area contributed by atoms with Crippen LogP contribution >= 0.6 is 11.8 Å². The predicted molar refractivity (Wildman–Crippen MR) is 115 cm³/mol. The summed E-state index contributed by atoms with van der Waals surface area (Å²) < 4.78 is 0. The van der Waals surface area contributed by atoms with Crippen molar-refractivity contribution in [2.24, 2.45) is 0 Å². The van der Waals surface area contributed by atoms with E-state index in [4.69, 9.17) is 0 Å². The molecule has 1 heterocycles. The Balaban J connectivity index is 1.49. The van der Waals surface area contributed by atoms with Crippen molar-refractivity contribution >= 4 is 17.7 Å². The number of nitrogens with zero attached hydrogens (tertiary/aromatic N) is 1. The van der Waals surface area contributed by atoms with Gasteiger partial charge in [0.25, 0.3) is 0 Å². The Kier molecular flexibility index (Phi) is 7.79. The van der Waals surface area contributed by atoms with E-state index in [1.165, 1.54) is 49.0 Å². The van der Waals surface area contributed by atoms with Crippen molar-refractivity contribution in [1.82, 2.24) is 10.2 Å². The van der Waals surface area contributed by atoms with E-state index in [-0.39, 0.29) is 11.2 Å². The molecule has 0 saturated carbocycles. The second kappa shape index (κ2) is 10.5. The molecule has 4 heteroatoms. The number of nitrogens with one attached hydrogen (secondary N) is 1.